The fraction of sp³-hybridized carbons (Fsp3) is 0.286. The summed E-state index contributed by atoms with van der Waals surface area (Å²) in [5.74, 6) is -0.781. The van der Waals surface area contributed by atoms with E-state index in [1.807, 2.05) is 0 Å². The Labute approximate surface area is 139 Å². The zero-order chi connectivity index (χ0) is 18.8. The molecule has 25 heavy (non-hydrogen) atoms. The molecule has 11 heteroatoms. The van der Waals surface area contributed by atoms with Crippen molar-refractivity contribution in [3.05, 3.63) is 45.8 Å². The van der Waals surface area contributed by atoms with Gasteiger partial charge in [-0.05, 0) is 19.1 Å². The highest BCUT2D eigenvalue weighted by atomic mass is 19.4. The Hall–Kier alpha value is -3.11. The maximum atomic E-state index is 12.9. The highest BCUT2D eigenvalue weighted by Crippen LogP contribution is 2.31. The average Bonchev–Trinajstić information content (AvgIpc) is 2.88. The number of nitro groups is 1. The number of nitro benzene ring substituents is 1. The van der Waals surface area contributed by atoms with E-state index in [2.05, 4.69) is 10.4 Å². The Kier molecular flexibility index (Phi) is 4.95. The lowest BCUT2D eigenvalue weighted by Crippen LogP contribution is -2.23. The largest absolute Gasteiger partial charge is 0.494 e. The number of hydrogen-bond donors (Lipinski definition) is 1. The summed E-state index contributed by atoms with van der Waals surface area (Å²) in [7, 11) is 1.24. The molecule has 8 nitrogen and oxygen atoms in total. The van der Waals surface area contributed by atoms with E-state index >= 15 is 0 Å². The number of carbonyl (C=O) groups is 1. The van der Waals surface area contributed by atoms with Gasteiger partial charge in [-0.2, -0.15) is 18.3 Å². The molecular weight excluding hydrogens is 345 g/mol. The Morgan fingerprint density at radius 1 is 1.40 bits per heavy atom. The molecule has 1 heterocycles. The SMILES string of the molecule is COc1cc([N+](=O)[O-])ccc1NC(=O)Cn1nc(C)cc1C(F)(F)F. The summed E-state index contributed by atoms with van der Waals surface area (Å²) in [6.07, 6.45) is -4.65. The van der Waals surface area contributed by atoms with Crippen molar-refractivity contribution in [3.8, 4) is 5.75 Å². The quantitative estimate of drug-likeness (QED) is 0.654. The number of carbonyl (C=O) groups excluding carboxylic acids is 1. The maximum Gasteiger partial charge on any atom is 0.433 e. The van der Waals surface area contributed by atoms with Gasteiger partial charge in [0, 0.05) is 6.07 Å². The molecule has 0 spiro atoms. The van der Waals surface area contributed by atoms with Gasteiger partial charge < -0.3 is 10.1 Å². The Morgan fingerprint density at radius 2 is 2.08 bits per heavy atom. The van der Waals surface area contributed by atoms with Crippen molar-refractivity contribution in [2.45, 2.75) is 19.6 Å². The summed E-state index contributed by atoms with van der Waals surface area (Å²) in [5.41, 5.74) is -1.09. The van der Waals surface area contributed by atoms with Gasteiger partial charge in [-0.1, -0.05) is 0 Å². The summed E-state index contributed by atoms with van der Waals surface area (Å²) in [6, 6.07) is 4.29. The van der Waals surface area contributed by atoms with Crippen molar-refractivity contribution < 1.29 is 27.6 Å². The molecule has 0 fully saturated rings. The van der Waals surface area contributed by atoms with Crippen LogP contribution in [0.15, 0.2) is 24.3 Å². The summed E-state index contributed by atoms with van der Waals surface area (Å²) >= 11 is 0. The third-order valence-corrected chi connectivity index (χ3v) is 3.16. The van der Waals surface area contributed by atoms with Crippen molar-refractivity contribution in [1.29, 1.82) is 0 Å². The lowest BCUT2D eigenvalue weighted by atomic mass is 10.2. The summed E-state index contributed by atoms with van der Waals surface area (Å²) < 4.78 is 44.2. The lowest BCUT2D eigenvalue weighted by Gasteiger charge is -2.12. The van der Waals surface area contributed by atoms with Crippen LogP contribution in [0.1, 0.15) is 11.4 Å². The number of hydrogen-bond acceptors (Lipinski definition) is 5. The van der Waals surface area contributed by atoms with Crippen molar-refractivity contribution in [2.24, 2.45) is 0 Å². The third kappa shape index (κ3) is 4.25. The monoisotopic (exact) mass is 358 g/mol. The number of nitrogens with one attached hydrogen (secondary N) is 1. The van der Waals surface area contributed by atoms with Gasteiger partial charge in [0.2, 0.25) is 5.91 Å². The van der Waals surface area contributed by atoms with Gasteiger partial charge in [-0.15, -0.1) is 0 Å². The van der Waals surface area contributed by atoms with Crippen LogP contribution in [0.3, 0.4) is 0 Å². The molecule has 2 rings (SSSR count). The number of anilines is 1. The molecule has 1 amide bonds. The second-order valence-corrected chi connectivity index (χ2v) is 5.02. The smallest absolute Gasteiger partial charge is 0.433 e. The number of aryl methyl sites for hydroxylation is 1. The molecule has 2 aromatic rings. The Balaban J connectivity index is 2.20. The van der Waals surface area contributed by atoms with Crippen LogP contribution in [-0.4, -0.2) is 27.7 Å². The number of nitrogens with zero attached hydrogens (tertiary/aromatic N) is 3. The minimum atomic E-state index is -4.65. The fourth-order valence-electron chi connectivity index (χ4n) is 2.12. The first-order valence-corrected chi connectivity index (χ1v) is 6.85. The number of amides is 1. The number of alkyl halides is 3. The molecule has 0 bridgehead atoms. The molecule has 0 aliphatic carbocycles. The highest BCUT2D eigenvalue weighted by molar-refractivity contribution is 5.92. The van der Waals surface area contributed by atoms with Crippen molar-refractivity contribution in [1.82, 2.24) is 9.78 Å². The van der Waals surface area contributed by atoms with Crippen LogP contribution in [0.5, 0.6) is 5.75 Å². The van der Waals surface area contributed by atoms with Crippen LogP contribution in [0.2, 0.25) is 0 Å². The number of non-ortho nitro benzene ring substituents is 1. The molecule has 134 valence electrons. The molecule has 0 radical (unpaired) electrons. The summed E-state index contributed by atoms with van der Waals surface area (Å²) in [6.45, 7) is 0.700. The van der Waals surface area contributed by atoms with Crippen LogP contribution in [0, 0.1) is 17.0 Å². The number of rotatable bonds is 5. The highest BCUT2D eigenvalue weighted by Gasteiger charge is 2.35. The molecule has 1 aromatic carbocycles. The van der Waals surface area contributed by atoms with E-state index in [4.69, 9.17) is 4.74 Å². The molecule has 0 saturated carbocycles. The van der Waals surface area contributed by atoms with Gasteiger partial charge in [-0.25, -0.2) is 0 Å². The first kappa shape index (κ1) is 18.2. The zero-order valence-electron chi connectivity index (χ0n) is 13.1. The second kappa shape index (κ2) is 6.79. The maximum absolute atomic E-state index is 12.9. The van der Waals surface area contributed by atoms with Crippen molar-refractivity contribution in [2.75, 3.05) is 12.4 Å². The lowest BCUT2D eigenvalue weighted by molar-refractivity contribution is -0.384. The first-order chi connectivity index (χ1) is 11.6. The first-order valence-electron chi connectivity index (χ1n) is 6.85. The molecule has 0 saturated heterocycles. The van der Waals surface area contributed by atoms with Crippen molar-refractivity contribution in [3.63, 3.8) is 0 Å². The minimum Gasteiger partial charge on any atom is -0.494 e. The number of methoxy groups -OCH3 is 1. The second-order valence-electron chi connectivity index (χ2n) is 5.02. The number of aromatic nitrogens is 2. The van der Waals surface area contributed by atoms with Crippen LogP contribution in [-0.2, 0) is 17.5 Å². The molecule has 0 unspecified atom stereocenters. The third-order valence-electron chi connectivity index (χ3n) is 3.16. The predicted molar refractivity (Wildman–Crippen MR) is 80.2 cm³/mol. The van der Waals surface area contributed by atoms with Crippen LogP contribution < -0.4 is 10.1 Å². The summed E-state index contributed by atoms with van der Waals surface area (Å²) in [4.78, 5) is 22.1. The molecule has 0 aliphatic heterocycles. The van der Waals surface area contributed by atoms with Gasteiger partial charge in [0.25, 0.3) is 5.69 Å². The number of halogens is 3. The topological polar surface area (TPSA) is 99.3 Å². The van der Waals surface area contributed by atoms with E-state index in [1.165, 1.54) is 20.1 Å². The Bertz CT molecular complexity index is 817. The minimum absolute atomic E-state index is 0.00948. The molecule has 1 aromatic heterocycles. The van der Waals surface area contributed by atoms with Crippen LogP contribution in [0.4, 0.5) is 24.5 Å². The van der Waals surface area contributed by atoms with Gasteiger partial charge >= 0.3 is 6.18 Å². The summed E-state index contributed by atoms with van der Waals surface area (Å²) in [5, 5.41) is 16.7. The van der Waals surface area contributed by atoms with Gasteiger partial charge in [0.1, 0.15) is 18.0 Å². The van der Waals surface area contributed by atoms with Gasteiger partial charge in [0.15, 0.2) is 0 Å². The van der Waals surface area contributed by atoms with Crippen molar-refractivity contribution >= 4 is 17.3 Å². The van der Waals surface area contributed by atoms with Crippen LogP contribution >= 0.6 is 0 Å². The Morgan fingerprint density at radius 3 is 2.64 bits per heavy atom. The molecule has 0 aliphatic rings. The van der Waals surface area contributed by atoms with Gasteiger partial charge in [0.05, 0.1) is 29.5 Å². The fourth-order valence-corrected chi connectivity index (χ4v) is 2.12. The number of ether oxygens (including phenoxy) is 1. The predicted octanol–water partition coefficient (Wildman–Crippen LogP) is 2.77. The van der Waals surface area contributed by atoms with E-state index in [0.29, 0.717) is 4.68 Å². The zero-order valence-corrected chi connectivity index (χ0v) is 13.1. The van der Waals surface area contributed by atoms with Crippen LogP contribution in [0.25, 0.3) is 0 Å². The normalized spacial score (nSPS) is 11.2. The van der Waals surface area contributed by atoms with Gasteiger partial charge in [-0.3, -0.25) is 19.6 Å². The van der Waals surface area contributed by atoms with E-state index in [0.717, 1.165) is 18.2 Å². The van der Waals surface area contributed by atoms with E-state index < -0.39 is 29.2 Å². The average molecular weight is 358 g/mol. The van der Waals surface area contributed by atoms with E-state index in [-0.39, 0.29) is 22.8 Å². The number of benzene rings is 1. The molecule has 1 N–H and O–H groups in total. The molecule has 0 atom stereocenters. The van der Waals surface area contributed by atoms with E-state index in [9.17, 15) is 28.1 Å². The van der Waals surface area contributed by atoms with E-state index in [1.54, 1.807) is 0 Å². The molecular formula is C14H13F3N4O4. The standard InChI is InChI=1S/C14H13F3N4O4/c1-8-5-12(14(15,16)17)20(19-8)7-13(22)18-10-4-3-9(21(23)24)6-11(10)25-2/h3-6H,7H2,1-2H3,(H,18,22).